The van der Waals surface area contributed by atoms with Crippen LogP contribution in [-0.2, 0) is 6.54 Å². The first-order valence-corrected chi connectivity index (χ1v) is 6.99. The van der Waals surface area contributed by atoms with Crippen molar-refractivity contribution in [3.8, 4) is 0 Å². The highest BCUT2D eigenvalue weighted by molar-refractivity contribution is 7.10. The van der Waals surface area contributed by atoms with E-state index in [9.17, 15) is 0 Å². The van der Waals surface area contributed by atoms with E-state index in [2.05, 4.69) is 17.6 Å². The van der Waals surface area contributed by atoms with Crippen LogP contribution in [0.4, 0.5) is 0 Å². The Balaban J connectivity index is 1.84. The Morgan fingerprint density at radius 3 is 2.73 bits per heavy atom. The largest absolute Gasteiger partial charge is 0.309 e. The molecule has 1 fully saturated rings. The van der Waals surface area contributed by atoms with Gasteiger partial charge in [0.25, 0.3) is 0 Å². The molecule has 0 bridgehead atoms. The van der Waals surface area contributed by atoms with Gasteiger partial charge in [0.1, 0.15) is 0 Å². The van der Waals surface area contributed by atoms with Crippen LogP contribution in [0.2, 0.25) is 5.02 Å². The quantitative estimate of drug-likeness (QED) is 0.842. The predicted molar refractivity (Wildman–Crippen MR) is 67.8 cm³/mol. The van der Waals surface area contributed by atoms with E-state index in [0.29, 0.717) is 0 Å². The van der Waals surface area contributed by atoms with Crippen molar-refractivity contribution in [1.29, 1.82) is 0 Å². The van der Waals surface area contributed by atoms with E-state index < -0.39 is 0 Å². The molecule has 15 heavy (non-hydrogen) atoms. The third-order valence-electron chi connectivity index (χ3n) is 3.13. The minimum absolute atomic E-state index is 0.720. The van der Waals surface area contributed by atoms with Crippen molar-refractivity contribution in [2.45, 2.75) is 51.6 Å². The van der Waals surface area contributed by atoms with Gasteiger partial charge in [0, 0.05) is 17.5 Å². The second-order valence-corrected chi connectivity index (χ2v) is 5.71. The highest BCUT2D eigenvalue weighted by atomic mass is 35.5. The smallest absolute Gasteiger partial charge is 0.0587 e. The molecule has 3 heteroatoms. The molecule has 1 aromatic heterocycles. The molecule has 0 saturated heterocycles. The first-order valence-electron chi connectivity index (χ1n) is 5.73. The maximum absolute atomic E-state index is 6.20. The molecule has 0 amide bonds. The molecule has 0 spiro atoms. The van der Waals surface area contributed by atoms with Gasteiger partial charge in [-0.2, -0.15) is 0 Å². The van der Waals surface area contributed by atoms with Crippen LogP contribution < -0.4 is 5.32 Å². The van der Waals surface area contributed by atoms with Gasteiger partial charge in [-0.3, -0.25) is 0 Å². The zero-order valence-corrected chi connectivity index (χ0v) is 10.8. The fraction of sp³-hybridized carbons (Fsp3) is 0.667. The van der Waals surface area contributed by atoms with Crippen LogP contribution in [0.1, 0.15) is 42.5 Å². The number of thiophene rings is 1. The fourth-order valence-electron chi connectivity index (χ4n) is 2.15. The van der Waals surface area contributed by atoms with E-state index in [0.717, 1.165) is 17.6 Å². The Hall–Kier alpha value is -0.0500. The van der Waals surface area contributed by atoms with Gasteiger partial charge in [0.05, 0.1) is 5.02 Å². The van der Waals surface area contributed by atoms with E-state index in [-0.39, 0.29) is 0 Å². The van der Waals surface area contributed by atoms with E-state index in [1.165, 1.54) is 42.5 Å². The number of hydrogen-bond donors (Lipinski definition) is 1. The van der Waals surface area contributed by atoms with Crippen LogP contribution in [-0.4, -0.2) is 6.04 Å². The molecule has 0 aromatic carbocycles. The Morgan fingerprint density at radius 1 is 1.40 bits per heavy atom. The van der Waals surface area contributed by atoms with E-state index >= 15 is 0 Å². The number of hydrogen-bond acceptors (Lipinski definition) is 2. The maximum Gasteiger partial charge on any atom is 0.0587 e. The van der Waals surface area contributed by atoms with Crippen molar-refractivity contribution in [2.75, 3.05) is 0 Å². The molecule has 1 N–H and O–H groups in total. The van der Waals surface area contributed by atoms with Crippen molar-refractivity contribution in [3.63, 3.8) is 0 Å². The zero-order chi connectivity index (χ0) is 10.7. The van der Waals surface area contributed by atoms with Crippen molar-refractivity contribution in [1.82, 2.24) is 5.32 Å². The average Bonchev–Trinajstić information content (AvgIpc) is 2.59. The summed E-state index contributed by atoms with van der Waals surface area (Å²) in [5.74, 6) is 0. The number of aryl methyl sites for hydroxylation is 1. The summed E-state index contributed by atoms with van der Waals surface area (Å²) in [6.45, 7) is 3.02. The summed E-state index contributed by atoms with van der Waals surface area (Å²) < 4.78 is 0. The van der Waals surface area contributed by atoms with Crippen molar-refractivity contribution in [2.24, 2.45) is 0 Å². The van der Waals surface area contributed by atoms with Crippen LogP contribution >= 0.6 is 22.9 Å². The lowest BCUT2D eigenvalue weighted by atomic mass is 9.95. The van der Waals surface area contributed by atoms with Gasteiger partial charge in [-0.1, -0.05) is 30.9 Å². The second-order valence-electron chi connectivity index (χ2n) is 4.37. The summed E-state index contributed by atoms with van der Waals surface area (Å²) in [6, 6.07) is 0.720. The summed E-state index contributed by atoms with van der Waals surface area (Å²) in [4.78, 5) is 1.29. The highest BCUT2D eigenvalue weighted by Gasteiger charge is 2.13. The Kier molecular flexibility index (Phi) is 4.06. The topological polar surface area (TPSA) is 12.0 Å². The van der Waals surface area contributed by atoms with Gasteiger partial charge < -0.3 is 5.32 Å². The number of nitrogens with one attached hydrogen (secondary N) is 1. The van der Waals surface area contributed by atoms with E-state index in [1.807, 2.05) is 0 Å². The van der Waals surface area contributed by atoms with E-state index in [1.54, 1.807) is 11.3 Å². The van der Waals surface area contributed by atoms with Gasteiger partial charge >= 0.3 is 0 Å². The summed E-state index contributed by atoms with van der Waals surface area (Å²) in [6.07, 6.45) is 6.85. The third kappa shape index (κ3) is 2.96. The standard InChI is InChI=1S/C12H18ClNS/c1-9-8-15-11(12(9)13)7-14-10-5-3-2-4-6-10/h8,10,14H,2-7H2,1H3. The monoisotopic (exact) mass is 243 g/mol. The normalized spacial score (nSPS) is 18.3. The van der Waals surface area contributed by atoms with Crippen LogP contribution in [0, 0.1) is 6.92 Å². The molecule has 1 saturated carbocycles. The first kappa shape index (κ1) is 11.4. The van der Waals surface area contributed by atoms with Crippen molar-refractivity contribution >= 4 is 22.9 Å². The van der Waals surface area contributed by atoms with Gasteiger partial charge in [-0.15, -0.1) is 11.3 Å². The molecular weight excluding hydrogens is 226 g/mol. The molecule has 0 radical (unpaired) electrons. The van der Waals surface area contributed by atoms with Crippen LogP contribution in [0.3, 0.4) is 0 Å². The summed E-state index contributed by atoms with van der Waals surface area (Å²) >= 11 is 7.97. The van der Waals surface area contributed by atoms with Crippen LogP contribution in [0.5, 0.6) is 0 Å². The van der Waals surface area contributed by atoms with Crippen molar-refractivity contribution < 1.29 is 0 Å². The lowest BCUT2D eigenvalue weighted by Gasteiger charge is -2.22. The third-order valence-corrected chi connectivity index (χ3v) is 4.87. The minimum Gasteiger partial charge on any atom is -0.309 e. The SMILES string of the molecule is Cc1csc(CNC2CCCCC2)c1Cl. The summed E-state index contributed by atoms with van der Waals surface area (Å²) in [7, 11) is 0. The number of rotatable bonds is 3. The molecule has 0 aliphatic heterocycles. The molecule has 1 nitrogen and oxygen atoms in total. The second kappa shape index (κ2) is 5.33. The summed E-state index contributed by atoms with van der Waals surface area (Å²) in [5.41, 5.74) is 1.21. The molecule has 2 rings (SSSR count). The lowest BCUT2D eigenvalue weighted by molar-refractivity contribution is 0.373. The highest BCUT2D eigenvalue weighted by Crippen LogP contribution is 2.27. The number of halogens is 1. The molecule has 0 atom stereocenters. The molecular formula is C12H18ClNS. The van der Waals surface area contributed by atoms with Gasteiger partial charge in [-0.25, -0.2) is 0 Å². The Labute approximate surface area is 101 Å². The Morgan fingerprint density at radius 2 is 2.13 bits per heavy atom. The molecule has 84 valence electrons. The maximum atomic E-state index is 6.20. The molecule has 0 unspecified atom stereocenters. The lowest BCUT2D eigenvalue weighted by Crippen LogP contribution is -2.30. The predicted octanol–water partition coefficient (Wildman–Crippen LogP) is 4.13. The fourth-order valence-corrected chi connectivity index (χ4v) is 3.33. The van der Waals surface area contributed by atoms with E-state index in [4.69, 9.17) is 11.6 Å². The molecule has 1 aromatic rings. The van der Waals surface area contributed by atoms with Gasteiger partial charge in [0.2, 0.25) is 0 Å². The van der Waals surface area contributed by atoms with Gasteiger partial charge in [0.15, 0.2) is 0 Å². The first-order chi connectivity index (χ1) is 7.27. The van der Waals surface area contributed by atoms with Gasteiger partial charge in [-0.05, 0) is 30.7 Å². The summed E-state index contributed by atoms with van der Waals surface area (Å²) in [5, 5.41) is 6.72. The molecule has 1 aliphatic rings. The van der Waals surface area contributed by atoms with Crippen molar-refractivity contribution in [3.05, 3.63) is 20.8 Å². The molecule has 1 aliphatic carbocycles. The zero-order valence-electron chi connectivity index (χ0n) is 9.18. The minimum atomic E-state index is 0.720. The van der Waals surface area contributed by atoms with Crippen LogP contribution in [0.25, 0.3) is 0 Å². The average molecular weight is 244 g/mol. The molecule has 1 heterocycles. The Bertz CT molecular complexity index is 315. The van der Waals surface area contributed by atoms with Crippen LogP contribution in [0.15, 0.2) is 5.38 Å².